The Bertz CT molecular complexity index is 1710. The predicted octanol–water partition coefficient (Wildman–Crippen LogP) is 3.61. The van der Waals surface area contributed by atoms with Gasteiger partial charge in [0, 0.05) is 56.3 Å². The van der Waals surface area contributed by atoms with E-state index in [1.807, 2.05) is 0 Å². The molecular formula is C30H26F2N6O4. The van der Waals surface area contributed by atoms with Gasteiger partial charge in [0.25, 0.3) is 11.5 Å². The molecule has 0 spiro atoms. The van der Waals surface area contributed by atoms with Gasteiger partial charge < -0.3 is 20.5 Å². The molecular weight excluding hydrogens is 546 g/mol. The molecule has 12 heteroatoms. The zero-order valence-corrected chi connectivity index (χ0v) is 22.3. The number of halogens is 2. The van der Waals surface area contributed by atoms with Crippen LogP contribution in [-0.2, 0) is 4.74 Å². The molecule has 0 atom stereocenters. The van der Waals surface area contributed by atoms with Crippen molar-refractivity contribution in [2.24, 2.45) is 0 Å². The Morgan fingerprint density at radius 3 is 2.60 bits per heavy atom. The van der Waals surface area contributed by atoms with Crippen molar-refractivity contribution in [2.45, 2.75) is 6.42 Å². The molecule has 214 valence electrons. The molecule has 0 aliphatic carbocycles. The maximum atomic E-state index is 15.0. The quantitative estimate of drug-likeness (QED) is 0.322. The first-order chi connectivity index (χ1) is 20.4. The number of hydrogen-bond acceptors (Lipinski definition) is 8. The molecule has 1 fully saturated rings. The van der Waals surface area contributed by atoms with Gasteiger partial charge in [-0.2, -0.15) is 9.78 Å². The normalized spacial score (nSPS) is 13.2. The Morgan fingerprint density at radius 1 is 1.05 bits per heavy atom. The summed E-state index contributed by atoms with van der Waals surface area (Å²) in [5, 5.41) is 6.45. The fourth-order valence-corrected chi connectivity index (χ4v) is 4.19. The third kappa shape index (κ3) is 6.77. The Kier molecular flexibility index (Phi) is 8.81. The molecule has 0 bridgehead atoms. The number of morpholine rings is 1. The third-order valence-electron chi connectivity index (χ3n) is 6.38. The van der Waals surface area contributed by atoms with Crippen molar-refractivity contribution in [3.8, 4) is 29.0 Å². The van der Waals surface area contributed by atoms with Gasteiger partial charge in [0.05, 0.1) is 18.9 Å². The van der Waals surface area contributed by atoms with Gasteiger partial charge in [-0.15, -0.1) is 0 Å². The highest BCUT2D eigenvalue weighted by Gasteiger charge is 2.17. The van der Waals surface area contributed by atoms with Crippen LogP contribution in [0.2, 0.25) is 0 Å². The van der Waals surface area contributed by atoms with Crippen molar-refractivity contribution in [1.82, 2.24) is 19.7 Å². The SMILES string of the molecule is Nc1nccc(Oc2ccc(NC(=O)c3ccnn(-c4ccc(F)cc4)c3=O)cc2F)c1C#CCCN1CCOCC1. The lowest BCUT2D eigenvalue weighted by molar-refractivity contribution is 0.0390. The first-order valence-electron chi connectivity index (χ1n) is 13.1. The molecule has 0 saturated carbocycles. The molecule has 42 heavy (non-hydrogen) atoms. The zero-order chi connectivity index (χ0) is 29.5. The second kappa shape index (κ2) is 13.0. The van der Waals surface area contributed by atoms with Crippen molar-refractivity contribution in [3.63, 3.8) is 0 Å². The molecule has 1 amide bonds. The first kappa shape index (κ1) is 28.4. The molecule has 2 aromatic carbocycles. The van der Waals surface area contributed by atoms with Crippen molar-refractivity contribution in [3.05, 3.63) is 100 Å². The Morgan fingerprint density at radius 2 is 1.83 bits per heavy atom. The minimum absolute atomic E-state index is 0.0896. The molecule has 10 nitrogen and oxygen atoms in total. The van der Waals surface area contributed by atoms with E-state index in [2.05, 4.69) is 32.1 Å². The van der Waals surface area contributed by atoms with Gasteiger partial charge in [-0.25, -0.2) is 13.8 Å². The summed E-state index contributed by atoms with van der Waals surface area (Å²) in [5.74, 6) is 4.29. The summed E-state index contributed by atoms with van der Waals surface area (Å²) in [6.45, 7) is 3.91. The number of anilines is 2. The largest absolute Gasteiger partial charge is 0.453 e. The number of hydrogen-bond donors (Lipinski definition) is 2. The van der Waals surface area contributed by atoms with Crippen molar-refractivity contribution in [2.75, 3.05) is 43.9 Å². The summed E-state index contributed by atoms with van der Waals surface area (Å²) in [6, 6.07) is 11.7. The maximum Gasteiger partial charge on any atom is 0.284 e. The van der Waals surface area contributed by atoms with E-state index in [0.717, 1.165) is 30.4 Å². The number of nitrogen functional groups attached to an aromatic ring is 1. The number of rotatable bonds is 7. The molecule has 1 aliphatic rings. The topological polar surface area (TPSA) is 125 Å². The summed E-state index contributed by atoms with van der Waals surface area (Å²) in [4.78, 5) is 32.0. The number of ether oxygens (including phenoxy) is 2. The van der Waals surface area contributed by atoms with Crippen LogP contribution in [0, 0.1) is 23.5 Å². The maximum absolute atomic E-state index is 15.0. The minimum atomic E-state index is -0.775. The van der Waals surface area contributed by atoms with Gasteiger partial charge in [-0.1, -0.05) is 11.8 Å². The van der Waals surface area contributed by atoms with E-state index < -0.39 is 23.1 Å². The number of amides is 1. The van der Waals surface area contributed by atoms with Crippen molar-refractivity contribution in [1.29, 1.82) is 0 Å². The number of aromatic nitrogens is 3. The number of nitrogens with two attached hydrogens (primary N) is 1. The first-order valence-corrected chi connectivity index (χ1v) is 13.1. The highest BCUT2D eigenvalue weighted by Crippen LogP contribution is 2.30. The molecule has 0 unspecified atom stereocenters. The molecule has 1 aliphatic heterocycles. The number of carbonyl (C=O) groups excluding carboxylic acids is 1. The van der Waals surface area contributed by atoms with Crippen LogP contribution in [0.25, 0.3) is 5.69 Å². The summed E-state index contributed by atoms with van der Waals surface area (Å²) in [7, 11) is 0. The lowest BCUT2D eigenvalue weighted by atomic mass is 10.2. The van der Waals surface area contributed by atoms with Gasteiger partial charge in [0.15, 0.2) is 11.6 Å². The average Bonchev–Trinajstić information content (AvgIpc) is 2.99. The Hall–Kier alpha value is -5.12. The highest BCUT2D eigenvalue weighted by molar-refractivity contribution is 6.04. The van der Waals surface area contributed by atoms with E-state index in [9.17, 15) is 14.0 Å². The summed E-state index contributed by atoms with van der Waals surface area (Å²) in [6.07, 6.45) is 3.30. The van der Waals surface area contributed by atoms with E-state index in [1.54, 1.807) is 0 Å². The number of carbonyl (C=O) groups is 1. The van der Waals surface area contributed by atoms with E-state index in [1.165, 1.54) is 60.9 Å². The van der Waals surface area contributed by atoms with Crippen LogP contribution >= 0.6 is 0 Å². The van der Waals surface area contributed by atoms with Crippen molar-refractivity contribution >= 4 is 17.4 Å². The minimum Gasteiger partial charge on any atom is -0.453 e. The summed E-state index contributed by atoms with van der Waals surface area (Å²) < 4.78 is 40.4. The fourth-order valence-electron chi connectivity index (χ4n) is 4.19. The second-order valence-electron chi connectivity index (χ2n) is 9.21. The molecule has 2 aromatic heterocycles. The molecule has 5 rings (SSSR count). The van der Waals surface area contributed by atoms with Crippen LogP contribution in [0.1, 0.15) is 22.3 Å². The van der Waals surface area contributed by atoms with Crippen LogP contribution < -0.4 is 21.3 Å². The summed E-state index contributed by atoms with van der Waals surface area (Å²) >= 11 is 0. The van der Waals surface area contributed by atoms with Crippen LogP contribution in [0.15, 0.2) is 71.8 Å². The molecule has 0 radical (unpaired) electrons. The van der Waals surface area contributed by atoms with Crippen LogP contribution in [-0.4, -0.2) is 58.4 Å². The number of nitrogens with one attached hydrogen (secondary N) is 1. The van der Waals surface area contributed by atoms with E-state index in [0.29, 0.717) is 25.2 Å². The fraction of sp³-hybridized carbons (Fsp3) is 0.200. The summed E-state index contributed by atoms with van der Waals surface area (Å²) in [5.41, 5.74) is 5.77. The van der Waals surface area contributed by atoms with E-state index in [4.69, 9.17) is 15.2 Å². The second-order valence-corrected chi connectivity index (χ2v) is 9.21. The van der Waals surface area contributed by atoms with Gasteiger partial charge in [-0.3, -0.25) is 14.5 Å². The Labute approximate surface area is 239 Å². The number of benzene rings is 2. The number of pyridine rings is 1. The van der Waals surface area contributed by atoms with E-state index >= 15 is 4.39 Å². The van der Waals surface area contributed by atoms with Crippen LogP contribution in [0.4, 0.5) is 20.3 Å². The lowest BCUT2D eigenvalue weighted by Crippen LogP contribution is -2.36. The predicted molar refractivity (Wildman–Crippen MR) is 152 cm³/mol. The monoisotopic (exact) mass is 572 g/mol. The molecule has 3 N–H and O–H groups in total. The van der Waals surface area contributed by atoms with Gasteiger partial charge >= 0.3 is 0 Å². The van der Waals surface area contributed by atoms with Gasteiger partial charge in [-0.05, 0) is 42.5 Å². The molecule has 1 saturated heterocycles. The van der Waals surface area contributed by atoms with Crippen LogP contribution in [0.5, 0.6) is 11.5 Å². The molecule has 4 aromatic rings. The smallest absolute Gasteiger partial charge is 0.284 e. The lowest BCUT2D eigenvalue weighted by Gasteiger charge is -2.25. The average molecular weight is 573 g/mol. The third-order valence-corrected chi connectivity index (χ3v) is 6.38. The Balaban J connectivity index is 1.28. The van der Waals surface area contributed by atoms with Crippen molar-refractivity contribution < 1.29 is 23.0 Å². The van der Waals surface area contributed by atoms with Gasteiger partial charge in [0.1, 0.15) is 28.5 Å². The van der Waals surface area contributed by atoms with Crippen LogP contribution in [0.3, 0.4) is 0 Å². The van der Waals surface area contributed by atoms with E-state index in [-0.39, 0.29) is 34.3 Å². The van der Waals surface area contributed by atoms with Gasteiger partial charge in [0.2, 0.25) is 0 Å². The highest BCUT2D eigenvalue weighted by atomic mass is 19.1. The number of nitrogens with zero attached hydrogens (tertiary/aromatic N) is 4. The standard InChI is InChI=1S/C30H26F2N6O4/c31-20-4-7-22(8-5-20)38-30(40)24(10-13-35-38)29(39)36-21-6-9-27(25(32)19-21)42-26-11-12-34-28(33)23(26)3-1-2-14-37-15-17-41-18-16-37/h4-13,19H,2,14-18H2,(H2,33,34)(H,36,39). The molecule has 3 heterocycles. The zero-order valence-electron chi connectivity index (χ0n) is 22.3.